The van der Waals surface area contributed by atoms with Gasteiger partial charge in [0.25, 0.3) is 5.91 Å². The first-order valence-corrected chi connectivity index (χ1v) is 8.07. The van der Waals surface area contributed by atoms with Gasteiger partial charge in [-0.3, -0.25) is 19.6 Å². The summed E-state index contributed by atoms with van der Waals surface area (Å²) in [5, 5.41) is 20.0. The number of nitrogens with zero attached hydrogens (tertiary/aromatic N) is 5. The average Bonchev–Trinajstić information content (AvgIpc) is 3.24. The van der Waals surface area contributed by atoms with E-state index in [4.69, 9.17) is 16.7 Å². The van der Waals surface area contributed by atoms with Crippen molar-refractivity contribution >= 4 is 29.4 Å². The van der Waals surface area contributed by atoms with Gasteiger partial charge in [-0.2, -0.15) is 5.10 Å². The van der Waals surface area contributed by atoms with Gasteiger partial charge in [-0.1, -0.05) is 23.7 Å². The van der Waals surface area contributed by atoms with Gasteiger partial charge in [-0.15, -0.1) is 5.10 Å². The van der Waals surface area contributed by atoms with Crippen LogP contribution in [0.1, 0.15) is 22.3 Å². The van der Waals surface area contributed by atoms with Crippen molar-refractivity contribution in [1.29, 1.82) is 0 Å². The van der Waals surface area contributed by atoms with Crippen molar-refractivity contribution in [3.63, 3.8) is 0 Å². The topological polar surface area (TPSA) is 115 Å². The highest BCUT2D eigenvalue weighted by molar-refractivity contribution is 6.30. The van der Waals surface area contributed by atoms with Gasteiger partial charge in [0, 0.05) is 11.2 Å². The van der Waals surface area contributed by atoms with Gasteiger partial charge in [0.05, 0.1) is 31.3 Å². The van der Waals surface area contributed by atoms with E-state index in [1.54, 1.807) is 16.8 Å². The molecular weight excluding hydrogens is 360 g/mol. The first-order valence-electron chi connectivity index (χ1n) is 7.69. The van der Waals surface area contributed by atoms with Crippen molar-refractivity contribution in [3.8, 4) is 0 Å². The molecule has 3 aromatic rings. The second-order valence-corrected chi connectivity index (χ2v) is 5.92. The van der Waals surface area contributed by atoms with Crippen LogP contribution in [0.25, 0.3) is 0 Å². The highest BCUT2D eigenvalue weighted by Crippen LogP contribution is 2.11. The standard InChI is InChI=1S/C16H15ClN6O3/c17-13-3-1-11(2-4-13)8-23-10-18-16(21-23)20-15(26)12-7-19-22(9-12)6-5-14(24)25/h1-4,7,9-10H,5-6,8H2,(H,24,25)(H,20,21,26). The number of rotatable bonds is 7. The van der Waals surface area contributed by atoms with Crippen molar-refractivity contribution in [1.82, 2.24) is 24.5 Å². The number of anilines is 1. The largest absolute Gasteiger partial charge is 0.481 e. The first kappa shape index (κ1) is 17.6. The number of aromatic nitrogens is 5. The van der Waals surface area contributed by atoms with Crippen LogP contribution in [0, 0.1) is 0 Å². The molecule has 10 heteroatoms. The number of benzene rings is 1. The summed E-state index contributed by atoms with van der Waals surface area (Å²) >= 11 is 5.85. The van der Waals surface area contributed by atoms with E-state index in [-0.39, 0.29) is 18.9 Å². The van der Waals surface area contributed by atoms with Gasteiger partial charge in [-0.25, -0.2) is 9.67 Å². The van der Waals surface area contributed by atoms with Crippen molar-refractivity contribution in [2.24, 2.45) is 0 Å². The number of aryl methyl sites for hydroxylation is 1. The maximum Gasteiger partial charge on any atom is 0.305 e. The molecule has 0 aliphatic carbocycles. The molecule has 0 bridgehead atoms. The lowest BCUT2D eigenvalue weighted by molar-refractivity contribution is -0.137. The highest BCUT2D eigenvalue weighted by Gasteiger charge is 2.12. The molecule has 0 aliphatic rings. The zero-order valence-corrected chi connectivity index (χ0v) is 14.3. The summed E-state index contributed by atoms with van der Waals surface area (Å²) in [6.45, 7) is 0.684. The van der Waals surface area contributed by atoms with Crippen molar-refractivity contribution < 1.29 is 14.7 Å². The van der Waals surface area contributed by atoms with E-state index in [1.165, 1.54) is 23.4 Å². The molecule has 2 heterocycles. The Labute approximate surface area is 153 Å². The maximum absolute atomic E-state index is 12.2. The molecule has 2 N–H and O–H groups in total. The van der Waals surface area contributed by atoms with Gasteiger partial charge >= 0.3 is 5.97 Å². The molecule has 3 rings (SSSR count). The lowest BCUT2D eigenvalue weighted by Gasteiger charge is -2.01. The van der Waals surface area contributed by atoms with Crippen LogP contribution in [-0.4, -0.2) is 41.5 Å². The van der Waals surface area contributed by atoms with Crippen LogP contribution in [0.3, 0.4) is 0 Å². The number of carboxylic acids is 1. The number of hydrogen-bond donors (Lipinski definition) is 2. The Morgan fingerprint density at radius 3 is 2.69 bits per heavy atom. The van der Waals surface area contributed by atoms with E-state index in [0.717, 1.165) is 5.56 Å². The molecule has 9 nitrogen and oxygen atoms in total. The third-order valence-corrected chi connectivity index (χ3v) is 3.72. The smallest absolute Gasteiger partial charge is 0.305 e. The second-order valence-electron chi connectivity index (χ2n) is 5.48. The van der Waals surface area contributed by atoms with Gasteiger partial charge in [-0.05, 0) is 17.7 Å². The molecule has 0 atom stereocenters. The Kier molecular flexibility index (Phi) is 5.28. The Morgan fingerprint density at radius 2 is 1.96 bits per heavy atom. The number of nitrogens with one attached hydrogen (secondary N) is 1. The average molecular weight is 375 g/mol. The van der Waals surface area contributed by atoms with Crippen LogP contribution >= 0.6 is 11.6 Å². The predicted molar refractivity (Wildman–Crippen MR) is 93.0 cm³/mol. The zero-order chi connectivity index (χ0) is 18.5. The number of carbonyl (C=O) groups excluding carboxylic acids is 1. The minimum atomic E-state index is -0.929. The minimum Gasteiger partial charge on any atom is -0.481 e. The van der Waals surface area contributed by atoms with Gasteiger partial charge in [0.15, 0.2) is 0 Å². The number of carboxylic acid groups (broad SMARTS) is 1. The molecule has 26 heavy (non-hydrogen) atoms. The zero-order valence-electron chi connectivity index (χ0n) is 13.5. The molecular formula is C16H15ClN6O3. The van der Waals surface area contributed by atoms with Crippen LogP contribution in [0.5, 0.6) is 0 Å². The van der Waals surface area contributed by atoms with Crippen LogP contribution in [0.2, 0.25) is 5.02 Å². The third kappa shape index (κ3) is 4.67. The molecule has 0 fully saturated rings. The van der Waals surface area contributed by atoms with E-state index in [2.05, 4.69) is 20.5 Å². The van der Waals surface area contributed by atoms with Crippen LogP contribution in [-0.2, 0) is 17.9 Å². The quantitative estimate of drug-likeness (QED) is 0.652. The summed E-state index contributed by atoms with van der Waals surface area (Å²) in [4.78, 5) is 26.8. The highest BCUT2D eigenvalue weighted by atomic mass is 35.5. The summed E-state index contributed by atoms with van der Waals surface area (Å²) in [7, 11) is 0. The van der Waals surface area contributed by atoms with Gasteiger partial charge < -0.3 is 5.11 Å². The van der Waals surface area contributed by atoms with Gasteiger partial charge in [0.2, 0.25) is 5.95 Å². The number of amides is 1. The van der Waals surface area contributed by atoms with Crippen LogP contribution in [0.15, 0.2) is 43.0 Å². The number of carbonyl (C=O) groups is 2. The molecule has 0 unspecified atom stereocenters. The fraction of sp³-hybridized carbons (Fsp3) is 0.188. The molecule has 2 aromatic heterocycles. The van der Waals surface area contributed by atoms with E-state index in [1.807, 2.05) is 12.1 Å². The predicted octanol–water partition coefficient (Wildman–Crippen LogP) is 1.90. The summed E-state index contributed by atoms with van der Waals surface area (Å²) in [6, 6.07) is 7.35. The SMILES string of the molecule is O=C(O)CCn1cc(C(=O)Nc2ncn(Cc3ccc(Cl)cc3)n2)cn1. The molecule has 1 amide bonds. The molecule has 0 spiro atoms. The number of hydrogen-bond acceptors (Lipinski definition) is 5. The Hall–Kier alpha value is -3.20. The fourth-order valence-electron chi connectivity index (χ4n) is 2.19. The van der Waals surface area contributed by atoms with Crippen LogP contribution < -0.4 is 5.32 Å². The van der Waals surface area contributed by atoms with E-state index >= 15 is 0 Å². The normalized spacial score (nSPS) is 10.7. The Bertz CT molecular complexity index is 918. The first-order chi connectivity index (χ1) is 12.5. The van der Waals surface area contributed by atoms with E-state index < -0.39 is 11.9 Å². The molecule has 0 saturated heterocycles. The second kappa shape index (κ2) is 7.79. The van der Waals surface area contributed by atoms with Crippen LogP contribution in [0.4, 0.5) is 5.95 Å². The molecule has 0 saturated carbocycles. The summed E-state index contributed by atoms with van der Waals surface area (Å²) < 4.78 is 2.99. The number of aliphatic carboxylic acids is 1. The fourth-order valence-corrected chi connectivity index (χ4v) is 2.32. The van der Waals surface area contributed by atoms with E-state index in [9.17, 15) is 9.59 Å². The van der Waals surface area contributed by atoms with Gasteiger partial charge in [0.1, 0.15) is 6.33 Å². The lowest BCUT2D eigenvalue weighted by atomic mass is 10.2. The lowest BCUT2D eigenvalue weighted by Crippen LogP contribution is -2.13. The maximum atomic E-state index is 12.2. The third-order valence-electron chi connectivity index (χ3n) is 3.47. The molecule has 0 radical (unpaired) electrons. The number of halogens is 1. The van der Waals surface area contributed by atoms with Crippen molar-refractivity contribution in [3.05, 3.63) is 59.1 Å². The van der Waals surface area contributed by atoms with E-state index in [0.29, 0.717) is 17.1 Å². The summed E-state index contributed by atoms with van der Waals surface area (Å²) in [6.07, 6.45) is 4.28. The van der Waals surface area contributed by atoms with Crippen molar-refractivity contribution in [2.45, 2.75) is 19.5 Å². The minimum absolute atomic E-state index is 0.0700. The molecule has 134 valence electrons. The summed E-state index contributed by atoms with van der Waals surface area (Å²) in [5.74, 6) is -1.18. The Balaban J connectivity index is 1.59. The van der Waals surface area contributed by atoms with Crippen molar-refractivity contribution in [2.75, 3.05) is 5.32 Å². The molecule has 1 aromatic carbocycles. The Morgan fingerprint density at radius 1 is 1.19 bits per heavy atom. The monoisotopic (exact) mass is 374 g/mol. The molecule has 0 aliphatic heterocycles. The summed E-state index contributed by atoms with van der Waals surface area (Å²) in [5.41, 5.74) is 1.29.